The molecule has 3 aromatic carbocycles. The van der Waals surface area contributed by atoms with Crippen molar-refractivity contribution < 1.29 is 9.47 Å². The van der Waals surface area contributed by atoms with E-state index in [0.717, 1.165) is 70.7 Å². The lowest BCUT2D eigenvalue weighted by Crippen LogP contribution is -2.26. The summed E-state index contributed by atoms with van der Waals surface area (Å²) in [4.78, 5) is 12.1. The average Bonchev–Trinajstić information content (AvgIpc) is 3.06. The molecule has 0 aliphatic rings. The highest BCUT2D eigenvalue weighted by atomic mass is 35.5. The molecule has 4 rings (SSSR count). The van der Waals surface area contributed by atoms with Crippen LogP contribution in [0.15, 0.2) is 116 Å². The number of hydrogen-bond acceptors (Lipinski definition) is 6. The second kappa shape index (κ2) is 17.8. The maximum Gasteiger partial charge on any atom is 0.224 e. The molecule has 0 aliphatic carbocycles. The number of aromatic nitrogens is 2. The predicted molar refractivity (Wildman–Crippen MR) is 188 cm³/mol. The number of anilines is 1. The standard InChI is InChI=1S/C38H43ClN4O2/c1-5-11-33(45-27-25-43(6-2)7-3)13-10-24-40-38-41-36(28-37(42-38)35-14-9-8-12-29(35)4)31-17-21-34(22-18-31)44-26-23-30-15-19-32(39)20-16-30/h5,8-22,28H,1,6-7,23-27H2,2-4H3,(H,40,41,42)/b13-10-,33-11+. The maximum absolute atomic E-state index is 6.00. The van der Waals surface area contributed by atoms with Gasteiger partial charge in [0.1, 0.15) is 18.1 Å². The number of aryl methyl sites for hydroxylation is 1. The van der Waals surface area contributed by atoms with Gasteiger partial charge in [-0.05, 0) is 85.8 Å². The van der Waals surface area contributed by atoms with E-state index in [2.05, 4.69) is 49.7 Å². The summed E-state index contributed by atoms with van der Waals surface area (Å²) in [6, 6.07) is 26.2. The molecule has 0 saturated heterocycles. The van der Waals surface area contributed by atoms with E-state index in [-0.39, 0.29) is 0 Å². The molecule has 1 aromatic heterocycles. The topological polar surface area (TPSA) is 59.5 Å². The molecule has 4 aromatic rings. The Labute approximate surface area is 273 Å². The highest BCUT2D eigenvalue weighted by Crippen LogP contribution is 2.28. The molecule has 0 spiro atoms. The summed E-state index contributed by atoms with van der Waals surface area (Å²) in [6.07, 6.45) is 8.38. The molecule has 6 nitrogen and oxygen atoms in total. The van der Waals surface area contributed by atoms with Crippen LogP contribution in [0.4, 0.5) is 5.95 Å². The van der Waals surface area contributed by atoms with Gasteiger partial charge in [-0.25, -0.2) is 9.97 Å². The van der Waals surface area contributed by atoms with Crippen LogP contribution < -0.4 is 10.1 Å². The van der Waals surface area contributed by atoms with Gasteiger partial charge in [-0.3, -0.25) is 0 Å². The molecule has 1 heterocycles. The second-order valence-electron chi connectivity index (χ2n) is 10.5. The van der Waals surface area contributed by atoms with E-state index in [9.17, 15) is 0 Å². The van der Waals surface area contributed by atoms with Gasteiger partial charge < -0.3 is 19.7 Å². The van der Waals surface area contributed by atoms with E-state index in [1.807, 2.05) is 85.0 Å². The lowest BCUT2D eigenvalue weighted by molar-refractivity contribution is 0.171. The first-order valence-electron chi connectivity index (χ1n) is 15.5. The van der Waals surface area contributed by atoms with E-state index in [4.69, 9.17) is 31.0 Å². The van der Waals surface area contributed by atoms with Crippen LogP contribution in [0.25, 0.3) is 22.5 Å². The van der Waals surface area contributed by atoms with Crippen molar-refractivity contribution in [2.45, 2.75) is 27.2 Å². The highest BCUT2D eigenvalue weighted by Gasteiger charge is 2.11. The zero-order valence-corrected chi connectivity index (χ0v) is 27.3. The lowest BCUT2D eigenvalue weighted by atomic mass is 10.0. The summed E-state index contributed by atoms with van der Waals surface area (Å²) in [5, 5.41) is 4.11. The van der Waals surface area contributed by atoms with E-state index < -0.39 is 0 Å². The maximum atomic E-state index is 6.00. The highest BCUT2D eigenvalue weighted by molar-refractivity contribution is 6.30. The van der Waals surface area contributed by atoms with Crippen molar-refractivity contribution in [2.75, 3.05) is 44.7 Å². The quantitative estimate of drug-likeness (QED) is 0.0938. The summed E-state index contributed by atoms with van der Waals surface area (Å²) >= 11 is 6.00. The molecule has 234 valence electrons. The molecule has 0 atom stereocenters. The van der Waals surface area contributed by atoms with Gasteiger partial charge in [-0.1, -0.05) is 80.6 Å². The van der Waals surface area contributed by atoms with Crippen LogP contribution >= 0.6 is 11.6 Å². The molecule has 45 heavy (non-hydrogen) atoms. The molecule has 0 saturated carbocycles. The summed E-state index contributed by atoms with van der Waals surface area (Å²) in [5.74, 6) is 2.13. The Hall–Kier alpha value is -4.39. The Morgan fingerprint density at radius 2 is 1.67 bits per heavy atom. The van der Waals surface area contributed by atoms with Gasteiger partial charge in [0.05, 0.1) is 18.0 Å². The van der Waals surface area contributed by atoms with Gasteiger partial charge in [-0.15, -0.1) is 0 Å². The lowest BCUT2D eigenvalue weighted by Gasteiger charge is -2.18. The Balaban J connectivity index is 1.45. The van der Waals surface area contributed by atoms with Crippen LogP contribution in [0, 0.1) is 6.92 Å². The van der Waals surface area contributed by atoms with Gasteiger partial charge in [0, 0.05) is 35.7 Å². The first-order valence-corrected chi connectivity index (χ1v) is 15.9. The number of ether oxygens (including phenoxy) is 2. The van der Waals surface area contributed by atoms with Gasteiger partial charge in [0.2, 0.25) is 5.95 Å². The first kappa shape index (κ1) is 33.5. The van der Waals surface area contributed by atoms with E-state index >= 15 is 0 Å². The van der Waals surface area contributed by atoms with Crippen LogP contribution in [0.3, 0.4) is 0 Å². The third-order valence-electron chi connectivity index (χ3n) is 7.38. The molecule has 0 fully saturated rings. The fourth-order valence-electron chi connectivity index (χ4n) is 4.76. The van der Waals surface area contributed by atoms with Crippen molar-refractivity contribution in [3.63, 3.8) is 0 Å². The van der Waals surface area contributed by atoms with Crippen molar-refractivity contribution in [1.82, 2.24) is 14.9 Å². The zero-order valence-electron chi connectivity index (χ0n) is 26.5. The van der Waals surface area contributed by atoms with Crippen LogP contribution in [-0.4, -0.2) is 54.3 Å². The third kappa shape index (κ3) is 10.6. The smallest absolute Gasteiger partial charge is 0.224 e. The van der Waals surface area contributed by atoms with Gasteiger partial charge in [0.25, 0.3) is 0 Å². The minimum Gasteiger partial charge on any atom is -0.493 e. The summed E-state index contributed by atoms with van der Waals surface area (Å²) in [5.41, 5.74) is 6.08. The minimum absolute atomic E-state index is 0.533. The molecule has 0 radical (unpaired) electrons. The van der Waals surface area contributed by atoms with Crippen LogP contribution in [-0.2, 0) is 11.2 Å². The Morgan fingerprint density at radius 1 is 0.933 bits per heavy atom. The molecule has 1 N–H and O–H groups in total. The molecule has 0 aliphatic heterocycles. The summed E-state index contributed by atoms with van der Waals surface area (Å²) in [7, 11) is 0. The predicted octanol–water partition coefficient (Wildman–Crippen LogP) is 8.79. The van der Waals surface area contributed by atoms with Crippen LogP contribution in [0.2, 0.25) is 5.02 Å². The van der Waals surface area contributed by atoms with Gasteiger partial charge >= 0.3 is 0 Å². The largest absolute Gasteiger partial charge is 0.493 e. The number of hydrogen-bond donors (Lipinski definition) is 1. The van der Waals surface area contributed by atoms with Crippen molar-refractivity contribution in [1.29, 1.82) is 0 Å². The number of allylic oxidation sites excluding steroid dienone is 3. The van der Waals surface area contributed by atoms with Crippen molar-refractivity contribution in [3.05, 3.63) is 132 Å². The first-order chi connectivity index (χ1) is 22.0. The Kier molecular flexibility index (Phi) is 13.2. The van der Waals surface area contributed by atoms with Crippen molar-refractivity contribution in [2.24, 2.45) is 0 Å². The van der Waals surface area contributed by atoms with E-state index in [1.54, 1.807) is 6.08 Å². The number of halogens is 1. The van der Waals surface area contributed by atoms with Crippen LogP contribution in [0.5, 0.6) is 5.75 Å². The van der Waals surface area contributed by atoms with Crippen molar-refractivity contribution >= 4 is 17.5 Å². The number of rotatable bonds is 17. The molecule has 0 amide bonds. The number of nitrogens with one attached hydrogen (secondary N) is 1. The fourth-order valence-corrected chi connectivity index (χ4v) is 4.88. The van der Waals surface area contributed by atoms with E-state index in [1.165, 1.54) is 5.56 Å². The van der Waals surface area contributed by atoms with Crippen molar-refractivity contribution in [3.8, 4) is 28.3 Å². The average molecular weight is 623 g/mol. The molecule has 7 heteroatoms. The van der Waals surface area contributed by atoms with Gasteiger partial charge in [-0.2, -0.15) is 0 Å². The fraction of sp³-hybridized carbons (Fsp3) is 0.263. The van der Waals surface area contributed by atoms with Gasteiger partial charge in [0.15, 0.2) is 0 Å². The van der Waals surface area contributed by atoms with Crippen LogP contribution in [0.1, 0.15) is 25.0 Å². The molecule has 0 unspecified atom stereocenters. The monoisotopic (exact) mass is 622 g/mol. The molecule has 0 bridgehead atoms. The number of benzene rings is 3. The second-order valence-corrected chi connectivity index (χ2v) is 10.9. The molecular weight excluding hydrogens is 580 g/mol. The Bertz CT molecular complexity index is 1560. The normalized spacial score (nSPS) is 11.6. The SMILES string of the molecule is C=C/C=C(\C=C/CNc1nc(-c2ccc(OCCc3ccc(Cl)cc3)cc2)cc(-c2ccccc2C)n1)OCCN(CC)CC. The summed E-state index contributed by atoms with van der Waals surface area (Å²) in [6.45, 7) is 14.9. The van der Waals surface area contributed by atoms with E-state index in [0.29, 0.717) is 25.7 Å². The third-order valence-corrected chi connectivity index (χ3v) is 7.63. The molecular formula is C38H43ClN4O2. The number of nitrogens with zero attached hydrogens (tertiary/aromatic N) is 3. The summed E-state index contributed by atoms with van der Waals surface area (Å²) < 4.78 is 12.0. The zero-order chi connectivity index (χ0) is 31.9. The minimum atomic E-state index is 0.533. The Morgan fingerprint density at radius 3 is 2.38 bits per heavy atom. The number of likely N-dealkylation sites (N-methyl/N-ethyl adjacent to an activating group) is 1.